The van der Waals surface area contributed by atoms with Crippen LogP contribution in [0.2, 0.25) is 0 Å². The van der Waals surface area contributed by atoms with Crippen LogP contribution in [0.4, 0.5) is 0 Å². The predicted octanol–water partition coefficient (Wildman–Crippen LogP) is 1.85. The first-order valence-electron chi connectivity index (χ1n) is 6.46. The molecule has 1 aromatic heterocycles. The third-order valence-electron chi connectivity index (χ3n) is 3.15. The van der Waals surface area contributed by atoms with E-state index in [2.05, 4.69) is 27.7 Å². The second kappa shape index (κ2) is 5.63. The van der Waals surface area contributed by atoms with Gasteiger partial charge in [-0.25, -0.2) is 4.68 Å². The first-order valence-corrected chi connectivity index (χ1v) is 6.46. The third kappa shape index (κ3) is 2.57. The smallest absolute Gasteiger partial charge is 0.182 e. The number of aromatic nitrogens is 4. The maximum Gasteiger partial charge on any atom is 0.182 e. The van der Waals surface area contributed by atoms with Gasteiger partial charge in [0, 0.05) is 12.1 Å². The molecule has 0 atom stereocenters. The summed E-state index contributed by atoms with van der Waals surface area (Å²) in [5.41, 5.74) is 8.85. The zero-order valence-electron chi connectivity index (χ0n) is 11.0. The molecule has 0 aliphatic heterocycles. The maximum atomic E-state index is 5.61. The Bertz CT molecular complexity index is 673. The summed E-state index contributed by atoms with van der Waals surface area (Å²) in [5.74, 6) is 0.762. The topological polar surface area (TPSA) is 69.6 Å². The summed E-state index contributed by atoms with van der Waals surface area (Å²) in [6.45, 7) is 1.19. The van der Waals surface area contributed by atoms with Crippen LogP contribution in [0.3, 0.4) is 0 Å². The molecule has 0 spiro atoms. The molecule has 20 heavy (non-hydrogen) atoms. The van der Waals surface area contributed by atoms with E-state index in [0.29, 0.717) is 13.1 Å². The Morgan fingerprint density at radius 1 is 0.900 bits per heavy atom. The molecule has 1 heterocycles. The van der Waals surface area contributed by atoms with Crippen LogP contribution < -0.4 is 5.73 Å². The van der Waals surface area contributed by atoms with E-state index in [1.165, 1.54) is 5.56 Å². The van der Waals surface area contributed by atoms with Crippen molar-refractivity contribution in [2.45, 2.75) is 13.1 Å². The molecule has 0 radical (unpaired) electrons. The van der Waals surface area contributed by atoms with Crippen LogP contribution in [0.1, 0.15) is 11.1 Å². The molecule has 3 rings (SSSR count). The lowest BCUT2D eigenvalue weighted by Crippen LogP contribution is -2.04. The van der Waals surface area contributed by atoms with Gasteiger partial charge in [0.15, 0.2) is 5.82 Å². The number of hydrogen-bond donors (Lipinski definition) is 1. The van der Waals surface area contributed by atoms with Crippen molar-refractivity contribution >= 4 is 0 Å². The number of benzene rings is 2. The normalized spacial score (nSPS) is 10.7. The van der Waals surface area contributed by atoms with Gasteiger partial charge in [-0.2, -0.15) is 0 Å². The van der Waals surface area contributed by atoms with Gasteiger partial charge in [-0.05, 0) is 21.6 Å². The number of nitrogens with two attached hydrogens (primary N) is 1. The van der Waals surface area contributed by atoms with Gasteiger partial charge < -0.3 is 5.73 Å². The Labute approximate surface area is 117 Å². The molecule has 0 aliphatic carbocycles. The fourth-order valence-corrected chi connectivity index (χ4v) is 2.06. The largest absolute Gasteiger partial charge is 0.326 e. The van der Waals surface area contributed by atoms with E-state index < -0.39 is 0 Å². The van der Waals surface area contributed by atoms with Crippen LogP contribution in [0.15, 0.2) is 54.6 Å². The lowest BCUT2D eigenvalue weighted by atomic mass is 10.1. The quantitative estimate of drug-likeness (QED) is 0.781. The van der Waals surface area contributed by atoms with Gasteiger partial charge >= 0.3 is 0 Å². The molecule has 2 aromatic carbocycles. The molecule has 0 aliphatic rings. The summed E-state index contributed by atoms with van der Waals surface area (Å²) in [7, 11) is 0. The molecule has 0 amide bonds. The van der Waals surface area contributed by atoms with Crippen LogP contribution >= 0.6 is 0 Å². The van der Waals surface area contributed by atoms with Crippen LogP contribution in [0, 0.1) is 0 Å². The van der Waals surface area contributed by atoms with Gasteiger partial charge in [0.05, 0.1) is 6.54 Å². The highest BCUT2D eigenvalue weighted by molar-refractivity contribution is 5.55. The van der Waals surface area contributed by atoms with E-state index in [1.54, 1.807) is 4.68 Å². The Hall–Kier alpha value is -2.53. The van der Waals surface area contributed by atoms with Crippen molar-refractivity contribution in [3.05, 3.63) is 65.7 Å². The summed E-state index contributed by atoms with van der Waals surface area (Å²) in [5, 5.41) is 11.9. The van der Waals surface area contributed by atoms with Gasteiger partial charge in [-0.3, -0.25) is 0 Å². The average Bonchev–Trinajstić information content (AvgIpc) is 2.96. The van der Waals surface area contributed by atoms with Crippen molar-refractivity contribution < 1.29 is 0 Å². The van der Waals surface area contributed by atoms with Crippen molar-refractivity contribution in [1.82, 2.24) is 20.2 Å². The molecule has 100 valence electrons. The fourth-order valence-electron chi connectivity index (χ4n) is 2.06. The zero-order chi connectivity index (χ0) is 13.8. The fraction of sp³-hybridized carbons (Fsp3) is 0.133. The van der Waals surface area contributed by atoms with Crippen molar-refractivity contribution in [1.29, 1.82) is 0 Å². The van der Waals surface area contributed by atoms with Crippen molar-refractivity contribution in [3.63, 3.8) is 0 Å². The Morgan fingerprint density at radius 3 is 2.35 bits per heavy atom. The first-order chi connectivity index (χ1) is 9.86. The van der Waals surface area contributed by atoms with Gasteiger partial charge in [0.1, 0.15) is 0 Å². The first kappa shape index (κ1) is 12.5. The van der Waals surface area contributed by atoms with Crippen molar-refractivity contribution in [3.8, 4) is 11.4 Å². The second-order valence-corrected chi connectivity index (χ2v) is 4.55. The van der Waals surface area contributed by atoms with Crippen LogP contribution in [0.25, 0.3) is 11.4 Å². The summed E-state index contributed by atoms with van der Waals surface area (Å²) in [6, 6.07) is 18.1. The molecule has 0 saturated heterocycles. The van der Waals surface area contributed by atoms with E-state index in [-0.39, 0.29) is 0 Å². The molecule has 2 N–H and O–H groups in total. The van der Waals surface area contributed by atoms with E-state index in [9.17, 15) is 0 Å². The molecular weight excluding hydrogens is 250 g/mol. The van der Waals surface area contributed by atoms with E-state index in [0.717, 1.165) is 17.0 Å². The molecule has 5 heteroatoms. The monoisotopic (exact) mass is 265 g/mol. The summed E-state index contributed by atoms with van der Waals surface area (Å²) in [4.78, 5) is 0. The van der Waals surface area contributed by atoms with Gasteiger partial charge in [0.25, 0.3) is 0 Å². The van der Waals surface area contributed by atoms with E-state index in [1.807, 2.05) is 42.5 Å². The molecular formula is C15H15N5. The van der Waals surface area contributed by atoms with Crippen molar-refractivity contribution in [2.75, 3.05) is 0 Å². The molecule has 5 nitrogen and oxygen atoms in total. The Kier molecular flexibility index (Phi) is 3.52. The lowest BCUT2D eigenvalue weighted by molar-refractivity contribution is 0.653. The number of tetrazole rings is 1. The second-order valence-electron chi connectivity index (χ2n) is 4.55. The van der Waals surface area contributed by atoms with Crippen LogP contribution in [0.5, 0.6) is 0 Å². The highest BCUT2D eigenvalue weighted by Gasteiger charge is 2.09. The average molecular weight is 265 g/mol. The molecule has 3 aromatic rings. The van der Waals surface area contributed by atoms with Gasteiger partial charge in [0.2, 0.25) is 0 Å². The molecule has 0 saturated carbocycles. The minimum Gasteiger partial charge on any atom is -0.326 e. The summed E-state index contributed by atoms with van der Waals surface area (Å²) >= 11 is 0. The Morgan fingerprint density at radius 2 is 1.65 bits per heavy atom. The third-order valence-corrected chi connectivity index (χ3v) is 3.15. The minimum atomic E-state index is 0.537. The van der Waals surface area contributed by atoms with Crippen molar-refractivity contribution in [2.24, 2.45) is 5.73 Å². The molecule has 0 unspecified atom stereocenters. The van der Waals surface area contributed by atoms with E-state index in [4.69, 9.17) is 5.73 Å². The minimum absolute atomic E-state index is 0.537. The maximum absolute atomic E-state index is 5.61. The van der Waals surface area contributed by atoms with Crippen LogP contribution in [-0.4, -0.2) is 20.2 Å². The van der Waals surface area contributed by atoms with Gasteiger partial charge in [-0.1, -0.05) is 54.6 Å². The molecule has 0 fully saturated rings. The predicted molar refractivity (Wildman–Crippen MR) is 76.7 cm³/mol. The van der Waals surface area contributed by atoms with E-state index >= 15 is 0 Å². The number of hydrogen-bond acceptors (Lipinski definition) is 4. The van der Waals surface area contributed by atoms with Crippen LogP contribution in [-0.2, 0) is 13.1 Å². The zero-order valence-corrected chi connectivity index (χ0v) is 11.0. The van der Waals surface area contributed by atoms with Gasteiger partial charge in [-0.15, -0.1) is 5.10 Å². The lowest BCUT2D eigenvalue weighted by Gasteiger charge is -2.05. The SMILES string of the molecule is NCc1ccc(-c2nnnn2Cc2ccccc2)cc1. The number of rotatable bonds is 4. The standard InChI is InChI=1S/C15H15N5/c16-10-12-6-8-14(9-7-12)15-17-18-19-20(15)11-13-4-2-1-3-5-13/h1-9H,10-11,16H2. The Balaban J connectivity index is 1.89. The summed E-state index contributed by atoms with van der Waals surface area (Å²) < 4.78 is 1.80. The summed E-state index contributed by atoms with van der Waals surface area (Å²) in [6.07, 6.45) is 0. The number of nitrogens with zero attached hydrogens (tertiary/aromatic N) is 4. The highest BCUT2D eigenvalue weighted by Crippen LogP contribution is 2.17. The molecule has 0 bridgehead atoms. The highest BCUT2D eigenvalue weighted by atomic mass is 15.5.